The number of hydrogen-bond donors (Lipinski definition) is 5. The first-order valence-electron chi connectivity index (χ1n) is 8.29. The number of carbonyl (C=O) groups is 2. The van der Waals surface area contributed by atoms with E-state index in [4.69, 9.17) is 17.2 Å². The maximum absolute atomic E-state index is 11.8. The van der Waals surface area contributed by atoms with Crippen LogP contribution in [0.1, 0.15) is 28.8 Å². The number of fused-ring (bicyclic) bond motifs is 1. The van der Waals surface area contributed by atoms with Crippen molar-refractivity contribution in [2.24, 2.45) is 17.2 Å². The molecule has 0 atom stereocenters. The molecule has 1 aromatic heterocycles. The molecule has 1 fully saturated rings. The Morgan fingerprint density at radius 3 is 2.42 bits per heavy atom. The van der Waals surface area contributed by atoms with Gasteiger partial charge < -0.3 is 22.2 Å². The summed E-state index contributed by atoms with van der Waals surface area (Å²) in [5.74, 6) is -0.446. The first-order chi connectivity index (χ1) is 12.4. The number of amides is 3. The van der Waals surface area contributed by atoms with E-state index >= 15 is 0 Å². The van der Waals surface area contributed by atoms with Crippen LogP contribution in [-0.2, 0) is 5.54 Å². The average Bonchev–Trinajstić information content (AvgIpc) is 3.24. The molecule has 1 aliphatic rings. The Bertz CT molecular complexity index is 1050. The van der Waals surface area contributed by atoms with Crippen molar-refractivity contribution in [1.29, 1.82) is 0 Å². The zero-order valence-corrected chi connectivity index (χ0v) is 14.0. The Morgan fingerprint density at radius 1 is 1.04 bits per heavy atom. The van der Waals surface area contributed by atoms with Gasteiger partial charge in [0.15, 0.2) is 0 Å². The van der Waals surface area contributed by atoms with Gasteiger partial charge in [0.1, 0.15) is 5.82 Å². The van der Waals surface area contributed by atoms with Gasteiger partial charge in [-0.2, -0.15) is 0 Å². The lowest BCUT2D eigenvalue weighted by atomic mass is 9.97. The zero-order valence-electron chi connectivity index (χ0n) is 14.0. The molecule has 1 heterocycles. The van der Waals surface area contributed by atoms with Crippen molar-refractivity contribution in [2.45, 2.75) is 18.4 Å². The highest BCUT2D eigenvalue weighted by Crippen LogP contribution is 2.43. The van der Waals surface area contributed by atoms with Gasteiger partial charge >= 0.3 is 6.03 Å². The van der Waals surface area contributed by atoms with Crippen molar-refractivity contribution in [3.63, 3.8) is 0 Å². The van der Waals surface area contributed by atoms with Gasteiger partial charge in [-0.15, -0.1) is 0 Å². The largest absolute Gasteiger partial charge is 0.365 e. The molecule has 0 spiro atoms. The molecule has 0 saturated heterocycles. The predicted octanol–water partition coefficient (Wildman–Crippen LogP) is 2.37. The maximum atomic E-state index is 11.8. The van der Waals surface area contributed by atoms with Crippen LogP contribution in [0.4, 0.5) is 10.6 Å². The minimum absolute atomic E-state index is 0.199. The molecule has 0 bridgehead atoms. The van der Waals surface area contributed by atoms with Crippen molar-refractivity contribution in [2.75, 3.05) is 5.32 Å². The molecule has 1 aliphatic carbocycles. The van der Waals surface area contributed by atoms with Gasteiger partial charge in [-0.25, -0.2) is 4.79 Å². The topological polar surface area (TPSA) is 140 Å². The zero-order chi connectivity index (χ0) is 18.5. The second-order valence-electron chi connectivity index (χ2n) is 6.73. The molecular weight excluding hydrogens is 330 g/mol. The molecule has 7 heteroatoms. The van der Waals surface area contributed by atoms with E-state index in [1.807, 2.05) is 30.3 Å². The third-order valence-electron chi connectivity index (χ3n) is 4.85. The second kappa shape index (κ2) is 5.60. The van der Waals surface area contributed by atoms with E-state index in [-0.39, 0.29) is 16.9 Å². The fourth-order valence-corrected chi connectivity index (χ4v) is 3.28. The number of H-pyrrole nitrogens is 1. The Hall–Kier alpha value is -3.32. The summed E-state index contributed by atoms with van der Waals surface area (Å²) in [5, 5.41) is 3.03. The van der Waals surface area contributed by atoms with Crippen LogP contribution in [0.3, 0.4) is 0 Å². The first-order valence-corrected chi connectivity index (χ1v) is 8.29. The smallest absolute Gasteiger partial charge is 0.317 e. The second-order valence-corrected chi connectivity index (χ2v) is 6.73. The molecule has 7 nitrogen and oxygen atoms in total. The van der Waals surface area contributed by atoms with Crippen LogP contribution in [0.2, 0.25) is 0 Å². The normalized spacial score (nSPS) is 15.0. The summed E-state index contributed by atoms with van der Waals surface area (Å²) < 4.78 is 0. The highest BCUT2D eigenvalue weighted by atomic mass is 16.2. The van der Waals surface area contributed by atoms with E-state index in [9.17, 15) is 9.59 Å². The van der Waals surface area contributed by atoms with E-state index in [1.54, 1.807) is 6.07 Å². The number of primary amides is 2. The molecule has 1 saturated carbocycles. The molecular formula is C19H19N5O2. The minimum Gasteiger partial charge on any atom is -0.365 e. The van der Waals surface area contributed by atoms with Crippen molar-refractivity contribution in [3.05, 3.63) is 53.6 Å². The number of aromatic amines is 1. The van der Waals surface area contributed by atoms with Gasteiger partial charge in [-0.1, -0.05) is 30.3 Å². The highest BCUT2D eigenvalue weighted by molar-refractivity contribution is 6.13. The molecule has 132 valence electrons. The maximum Gasteiger partial charge on any atom is 0.317 e. The van der Waals surface area contributed by atoms with Crippen LogP contribution in [-0.4, -0.2) is 16.9 Å². The number of carbonyl (C=O) groups excluding carboxylic acids is 2. The molecule has 26 heavy (non-hydrogen) atoms. The van der Waals surface area contributed by atoms with Crippen molar-refractivity contribution in [3.8, 4) is 11.1 Å². The Balaban J connectivity index is 1.81. The Morgan fingerprint density at radius 2 is 1.77 bits per heavy atom. The monoisotopic (exact) mass is 349 g/mol. The van der Waals surface area contributed by atoms with Gasteiger partial charge in [0.2, 0.25) is 0 Å². The third-order valence-corrected chi connectivity index (χ3v) is 4.85. The van der Waals surface area contributed by atoms with Crippen LogP contribution in [0.5, 0.6) is 0 Å². The van der Waals surface area contributed by atoms with Gasteiger partial charge in [0.25, 0.3) is 5.91 Å². The fraction of sp³-hybridized carbons (Fsp3) is 0.158. The fourth-order valence-electron chi connectivity index (χ4n) is 3.28. The molecule has 2 aromatic carbocycles. The van der Waals surface area contributed by atoms with Gasteiger partial charge in [0, 0.05) is 16.4 Å². The summed E-state index contributed by atoms with van der Waals surface area (Å²) in [5.41, 5.74) is 20.7. The van der Waals surface area contributed by atoms with Gasteiger partial charge in [-0.05, 0) is 41.7 Å². The van der Waals surface area contributed by atoms with Crippen molar-refractivity contribution < 1.29 is 9.59 Å². The van der Waals surface area contributed by atoms with E-state index < -0.39 is 11.9 Å². The molecule has 0 aliphatic heterocycles. The summed E-state index contributed by atoms with van der Waals surface area (Å²) in [4.78, 5) is 26.0. The quantitative estimate of drug-likeness (QED) is 0.494. The number of hydrogen-bond acceptors (Lipinski definition) is 3. The number of nitrogens with two attached hydrogens (primary N) is 3. The van der Waals surface area contributed by atoms with Crippen molar-refractivity contribution in [1.82, 2.24) is 4.98 Å². The van der Waals surface area contributed by atoms with Crippen LogP contribution in [0, 0.1) is 0 Å². The lowest BCUT2D eigenvalue weighted by Gasteiger charge is -2.11. The van der Waals surface area contributed by atoms with E-state index in [0.717, 1.165) is 29.5 Å². The molecule has 0 unspecified atom stereocenters. The SMILES string of the molecule is NC(=O)Nc1[nH]c2cc(-c3cccc(C4(N)CC4)c3)ccc2c1C(N)=O. The number of urea groups is 1. The molecule has 4 rings (SSSR count). The van der Waals surface area contributed by atoms with Gasteiger partial charge in [-0.3, -0.25) is 10.1 Å². The van der Waals surface area contributed by atoms with Crippen molar-refractivity contribution >= 4 is 28.7 Å². The van der Waals surface area contributed by atoms with Crippen LogP contribution >= 0.6 is 0 Å². The lowest BCUT2D eigenvalue weighted by Crippen LogP contribution is -2.22. The van der Waals surface area contributed by atoms with Crippen LogP contribution < -0.4 is 22.5 Å². The van der Waals surface area contributed by atoms with Gasteiger partial charge in [0.05, 0.1) is 5.56 Å². The summed E-state index contributed by atoms with van der Waals surface area (Å²) >= 11 is 0. The summed E-state index contributed by atoms with van der Waals surface area (Å²) in [6.45, 7) is 0. The lowest BCUT2D eigenvalue weighted by molar-refractivity contribution is 0.100. The standard InChI is InChI=1S/C19H19N5O2/c20-16(25)15-13-5-4-11(9-14(13)23-17(15)24-18(21)26)10-2-1-3-12(8-10)19(22)6-7-19/h1-5,8-9,23H,6-7,22H2,(H2,20,25)(H3,21,24,26). The number of nitrogens with one attached hydrogen (secondary N) is 2. The molecule has 8 N–H and O–H groups in total. The number of aromatic nitrogens is 1. The third kappa shape index (κ3) is 2.68. The Labute approximate surface area is 149 Å². The summed E-state index contributed by atoms with van der Waals surface area (Å²) in [6.07, 6.45) is 1.99. The molecule has 3 amide bonds. The van der Waals surface area contributed by atoms with E-state index in [1.165, 1.54) is 0 Å². The number of anilines is 1. The van der Waals surface area contributed by atoms with Crippen LogP contribution in [0.25, 0.3) is 22.0 Å². The van der Waals surface area contributed by atoms with E-state index in [0.29, 0.717) is 10.9 Å². The molecule has 0 radical (unpaired) electrons. The summed E-state index contributed by atoms with van der Waals surface area (Å²) in [7, 11) is 0. The Kier molecular flexibility index (Phi) is 3.48. The predicted molar refractivity (Wildman–Crippen MR) is 101 cm³/mol. The number of benzene rings is 2. The number of rotatable bonds is 4. The highest BCUT2D eigenvalue weighted by Gasteiger charge is 2.39. The minimum atomic E-state index is -0.773. The average molecular weight is 349 g/mol. The summed E-state index contributed by atoms with van der Waals surface area (Å²) in [6, 6.07) is 13.0. The first kappa shape index (κ1) is 16.2. The molecule has 3 aromatic rings. The van der Waals surface area contributed by atoms with E-state index in [2.05, 4.69) is 16.4 Å². The van der Waals surface area contributed by atoms with Crippen LogP contribution in [0.15, 0.2) is 42.5 Å².